The van der Waals surface area contributed by atoms with Crippen LogP contribution in [0.1, 0.15) is 25.0 Å². The van der Waals surface area contributed by atoms with E-state index in [-0.39, 0.29) is 11.4 Å². The molecule has 4 heteroatoms. The first-order chi connectivity index (χ1) is 7.53. The van der Waals surface area contributed by atoms with Crippen molar-refractivity contribution in [1.82, 2.24) is 5.32 Å². The summed E-state index contributed by atoms with van der Waals surface area (Å²) < 4.78 is 0. The minimum Gasteiger partial charge on any atom is -0.347 e. The van der Waals surface area contributed by atoms with Gasteiger partial charge in [-0.3, -0.25) is 9.59 Å². The highest BCUT2D eigenvalue weighted by atomic mass is 16.1. The summed E-state index contributed by atoms with van der Waals surface area (Å²) in [5.41, 5.74) is 2.45. The summed E-state index contributed by atoms with van der Waals surface area (Å²) in [4.78, 5) is 21.9. The smallest absolute Gasteiger partial charge is 0.225 e. The lowest BCUT2D eigenvalue weighted by Gasteiger charge is -2.33. The van der Waals surface area contributed by atoms with Gasteiger partial charge in [0.1, 0.15) is 0 Å². The fraction of sp³-hybridized carbons (Fsp3) is 0.333. The van der Waals surface area contributed by atoms with Crippen LogP contribution in [0.5, 0.6) is 0 Å². The summed E-state index contributed by atoms with van der Waals surface area (Å²) in [6.07, 6.45) is 1.00. The Bertz CT molecular complexity index is 452. The molecule has 1 aromatic carbocycles. The number of benzene rings is 1. The predicted octanol–water partition coefficient (Wildman–Crippen LogP) is 1.16. The number of hydrogen-bond donors (Lipinski definition) is 2. The Labute approximate surface area is 94.0 Å². The van der Waals surface area contributed by atoms with E-state index in [2.05, 4.69) is 10.6 Å². The Kier molecular flexibility index (Phi) is 2.42. The van der Waals surface area contributed by atoms with Gasteiger partial charge in [0.2, 0.25) is 12.3 Å². The van der Waals surface area contributed by atoms with Crippen molar-refractivity contribution in [2.45, 2.75) is 25.8 Å². The SMILES string of the molecule is CC1(C)NC(=O)Cc2cc(NC=O)ccc21. The third-order valence-corrected chi connectivity index (χ3v) is 2.81. The largest absolute Gasteiger partial charge is 0.347 e. The van der Waals surface area contributed by atoms with Gasteiger partial charge in [-0.05, 0) is 37.1 Å². The van der Waals surface area contributed by atoms with Gasteiger partial charge in [-0.15, -0.1) is 0 Å². The molecule has 0 aliphatic carbocycles. The second-order valence-electron chi connectivity index (χ2n) is 4.48. The van der Waals surface area contributed by atoms with E-state index >= 15 is 0 Å². The van der Waals surface area contributed by atoms with Crippen LogP contribution < -0.4 is 10.6 Å². The van der Waals surface area contributed by atoms with Crippen LogP contribution in [0.25, 0.3) is 0 Å². The van der Waals surface area contributed by atoms with Crippen molar-refractivity contribution in [3.8, 4) is 0 Å². The summed E-state index contributed by atoms with van der Waals surface area (Å²) in [5, 5.41) is 5.52. The monoisotopic (exact) mass is 218 g/mol. The normalized spacial score (nSPS) is 17.2. The molecule has 1 aromatic rings. The van der Waals surface area contributed by atoms with Gasteiger partial charge >= 0.3 is 0 Å². The molecule has 0 saturated carbocycles. The van der Waals surface area contributed by atoms with Crippen molar-refractivity contribution >= 4 is 18.0 Å². The summed E-state index contributed by atoms with van der Waals surface area (Å²) in [6.45, 7) is 3.94. The highest BCUT2D eigenvalue weighted by Gasteiger charge is 2.30. The van der Waals surface area contributed by atoms with Crippen molar-refractivity contribution in [2.24, 2.45) is 0 Å². The van der Waals surface area contributed by atoms with Gasteiger partial charge in [0.25, 0.3) is 0 Å². The molecule has 4 nitrogen and oxygen atoms in total. The maximum atomic E-state index is 11.5. The first-order valence-electron chi connectivity index (χ1n) is 5.17. The lowest BCUT2D eigenvalue weighted by Crippen LogP contribution is -2.46. The summed E-state index contributed by atoms with van der Waals surface area (Å²) in [7, 11) is 0. The van der Waals surface area contributed by atoms with Gasteiger partial charge in [0.05, 0.1) is 12.0 Å². The average Bonchev–Trinajstić information content (AvgIpc) is 2.15. The van der Waals surface area contributed by atoms with Crippen molar-refractivity contribution in [3.05, 3.63) is 29.3 Å². The standard InChI is InChI=1S/C12H14N2O2/c1-12(2)10-4-3-9(13-7-15)5-8(10)6-11(16)14-12/h3-5,7H,6H2,1-2H3,(H,13,15)(H,14,16). The van der Waals surface area contributed by atoms with Crippen LogP contribution in [0, 0.1) is 0 Å². The Morgan fingerprint density at radius 1 is 1.44 bits per heavy atom. The van der Waals surface area contributed by atoms with Crippen LogP contribution in [0.15, 0.2) is 18.2 Å². The molecule has 0 bridgehead atoms. The van der Waals surface area contributed by atoms with Crippen LogP contribution in [-0.2, 0) is 21.5 Å². The van der Waals surface area contributed by atoms with Gasteiger partial charge in [0.15, 0.2) is 0 Å². The molecule has 2 rings (SSSR count). The molecule has 0 saturated heterocycles. The number of amides is 2. The van der Waals surface area contributed by atoms with E-state index < -0.39 is 0 Å². The number of carbonyl (C=O) groups excluding carboxylic acids is 2. The van der Waals surface area contributed by atoms with Gasteiger partial charge < -0.3 is 10.6 Å². The van der Waals surface area contributed by atoms with Crippen LogP contribution >= 0.6 is 0 Å². The van der Waals surface area contributed by atoms with Crippen LogP contribution in [0.4, 0.5) is 5.69 Å². The minimum absolute atomic E-state index is 0.0146. The average molecular weight is 218 g/mol. The fourth-order valence-corrected chi connectivity index (χ4v) is 2.14. The van der Waals surface area contributed by atoms with E-state index in [1.807, 2.05) is 32.0 Å². The van der Waals surface area contributed by atoms with Gasteiger partial charge in [-0.25, -0.2) is 0 Å². The van der Waals surface area contributed by atoms with E-state index in [4.69, 9.17) is 0 Å². The number of carbonyl (C=O) groups is 2. The Morgan fingerprint density at radius 3 is 2.88 bits per heavy atom. The lowest BCUT2D eigenvalue weighted by molar-refractivity contribution is -0.122. The van der Waals surface area contributed by atoms with Crippen LogP contribution in [0.2, 0.25) is 0 Å². The van der Waals surface area contributed by atoms with E-state index in [9.17, 15) is 9.59 Å². The molecular weight excluding hydrogens is 204 g/mol. The summed E-state index contributed by atoms with van der Waals surface area (Å²) >= 11 is 0. The van der Waals surface area contributed by atoms with Crippen LogP contribution in [-0.4, -0.2) is 12.3 Å². The fourth-order valence-electron chi connectivity index (χ4n) is 2.14. The molecule has 1 aliphatic rings. The zero-order valence-electron chi connectivity index (χ0n) is 9.33. The maximum absolute atomic E-state index is 11.5. The minimum atomic E-state index is -0.343. The number of anilines is 1. The second kappa shape index (κ2) is 3.63. The van der Waals surface area contributed by atoms with E-state index in [1.165, 1.54) is 0 Å². The van der Waals surface area contributed by atoms with Crippen LogP contribution in [0.3, 0.4) is 0 Å². The summed E-state index contributed by atoms with van der Waals surface area (Å²) in [5.74, 6) is 0.0146. The maximum Gasteiger partial charge on any atom is 0.225 e. The Morgan fingerprint density at radius 2 is 2.19 bits per heavy atom. The topological polar surface area (TPSA) is 58.2 Å². The molecule has 0 unspecified atom stereocenters. The van der Waals surface area contributed by atoms with E-state index in [1.54, 1.807) is 0 Å². The molecule has 2 N–H and O–H groups in total. The number of rotatable bonds is 2. The molecule has 0 atom stereocenters. The molecule has 0 fully saturated rings. The van der Waals surface area contributed by atoms with Gasteiger partial charge in [-0.2, -0.15) is 0 Å². The molecule has 0 radical (unpaired) electrons. The highest BCUT2D eigenvalue weighted by Crippen LogP contribution is 2.30. The molecule has 0 aromatic heterocycles. The first kappa shape index (κ1) is 10.7. The summed E-state index contributed by atoms with van der Waals surface area (Å²) in [6, 6.07) is 5.64. The molecule has 1 aliphatic heterocycles. The third-order valence-electron chi connectivity index (χ3n) is 2.81. The second-order valence-corrected chi connectivity index (χ2v) is 4.48. The highest BCUT2D eigenvalue weighted by molar-refractivity contribution is 5.83. The van der Waals surface area contributed by atoms with Gasteiger partial charge in [-0.1, -0.05) is 6.07 Å². The molecule has 0 spiro atoms. The van der Waals surface area contributed by atoms with Gasteiger partial charge in [0, 0.05) is 5.69 Å². The molecule has 2 amide bonds. The number of hydrogen-bond acceptors (Lipinski definition) is 2. The number of fused-ring (bicyclic) bond motifs is 1. The molecule has 16 heavy (non-hydrogen) atoms. The van der Waals surface area contributed by atoms with E-state index in [0.717, 1.165) is 16.8 Å². The molecule has 1 heterocycles. The quantitative estimate of drug-likeness (QED) is 0.732. The van der Waals surface area contributed by atoms with E-state index in [0.29, 0.717) is 12.8 Å². The van der Waals surface area contributed by atoms with Crippen molar-refractivity contribution in [2.75, 3.05) is 5.32 Å². The van der Waals surface area contributed by atoms with Crippen molar-refractivity contribution in [1.29, 1.82) is 0 Å². The zero-order valence-corrected chi connectivity index (χ0v) is 9.33. The third kappa shape index (κ3) is 1.78. The Balaban J connectivity index is 2.46. The Hall–Kier alpha value is -1.84. The van der Waals surface area contributed by atoms with Crippen molar-refractivity contribution in [3.63, 3.8) is 0 Å². The zero-order chi connectivity index (χ0) is 11.8. The lowest BCUT2D eigenvalue weighted by atomic mass is 9.85. The van der Waals surface area contributed by atoms with Crippen molar-refractivity contribution < 1.29 is 9.59 Å². The number of nitrogens with one attached hydrogen (secondary N) is 2. The molecular formula is C12H14N2O2. The molecule has 84 valence electrons. The predicted molar refractivity (Wildman–Crippen MR) is 61.0 cm³/mol. The first-order valence-corrected chi connectivity index (χ1v) is 5.17.